The molecule has 6 heteroatoms. The van der Waals surface area contributed by atoms with E-state index >= 15 is 0 Å². The molecule has 0 bridgehead atoms. The Balaban J connectivity index is 2.01. The van der Waals surface area contributed by atoms with Crippen LogP contribution in [0.4, 0.5) is 0 Å². The first-order chi connectivity index (χ1) is 8.01. The summed E-state index contributed by atoms with van der Waals surface area (Å²) in [5.41, 5.74) is 0. The molecule has 0 amide bonds. The Bertz CT molecular complexity index is 350. The molecule has 0 spiro atoms. The van der Waals surface area contributed by atoms with Gasteiger partial charge in [-0.1, -0.05) is 6.42 Å². The van der Waals surface area contributed by atoms with Crippen molar-refractivity contribution < 1.29 is 8.42 Å². The van der Waals surface area contributed by atoms with Gasteiger partial charge in [-0.05, 0) is 33.4 Å². The van der Waals surface area contributed by atoms with Crippen LogP contribution in [0.15, 0.2) is 0 Å². The van der Waals surface area contributed by atoms with E-state index in [0.717, 1.165) is 25.7 Å². The van der Waals surface area contributed by atoms with E-state index in [4.69, 9.17) is 0 Å². The molecular formula is C11H23N3O2S. The molecule has 5 nitrogen and oxygen atoms in total. The van der Waals surface area contributed by atoms with E-state index in [0.29, 0.717) is 32.2 Å². The number of nitrogens with zero attached hydrogens (tertiary/aromatic N) is 3. The minimum atomic E-state index is -3.19. The smallest absolute Gasteiger partial charge is 0.282 e. The lowest BCUT2D eigenvalue weighted by Gasteiger charge is -2.30. The second-order valence-corrected chi connectivity index (χ2v) is 7.16. The van der Waals surface area contributed by atoms with E-state index in [1.54, 1.807) is 8.61 Å². The van der Waals surface area contributed by atoms with Gasteiger partial charge in [-0.2, -0.15) is 17.0 Å². The lowest BCUT2D eigenvalue weighted by Crippen LogP contribution is -2.46. The van der Waals surface area contributed by atoms with Gasteiger partial charge in [0.2, 0.25) is 0 Å². The van der Waals surface area contributed by atoms with Crippen LogP contribution in [0.2, 0.25) is 0 Å². The Hall–Kier alpha value is -0.170. The summed E-state index contributed by atoms with van der Waals surface area (Å²) in [4.78, 5) is 2.12. The average Bonchev–Trinajstić information content (AvgIpc) is 2.80. The first-order valence-corrected chi connectivity index (χ1v) is 7.83. The van der Waals surface area contributed by atoms with Crippen molar-refractivity contribution in [1.29, 1.82) is 0 Å². The van der Waals surface area contributed by atoms with Crippen LogP contribution in [0.3, 0.4) is 0 Å². The molecule has 0 aromatic heterocycles. The van der Waals surface area contributed by atoms with E-state index in [2.05, 4.69) is 4.90 Å². The maximum atomic E-state index is 12.4. The SMILES string of the molecule is CN(C)[C@@H]1CCN(S(=O)(=O)N2CCCCC2)C1. The first kappa shape index (κ1) is 13.3. The number of likely N-dealkylation sites (N-methyl/N-ethyl adjacent to an activating group) is 1. The summed E-state index contributed by atoms with van der Waals surface area (Å²) < 4.78 is 28.1. The molecule has 100 valence electrons. The Labute approximate surface area is 105 Å². The fourth-order valence-corrected chi connectivity index (χ4v) is 4.34. The molecule has 0 aliphatic carbocycles. The minimum absolute atomic E-state index is 0.370. The summed E-state index contributed by atoms with van der Waals surface area (Å²) in [5.74, 6) is 0. The third kappa shape index (κ3) is 2.81. The summed E-state index contributed by atoms with van der Waals surface area (Å²) in [6, 6.07) is 0.370. The van der Waals surface area contributed by atoms with Crippen molar-refractivity contribution in [1.82, 2.24) is 13.5 Å². The Morgan fingerprint density at radius 3 is 2.18 bits per heavy atom. The number of hydrogen-bond acceptors (Lipinski definition) is 3. The van der Waals surface area contributed by atoms with Gasteiger partial charge in [0.1, 0.15) is 0 Å². The Morgan fingerprint density at radius 2 is 1.65 bits per heavy atom. The quantitative estimate of drug-likeness (QED) is 0.736. The summed E-state index contributed by atoms with van der Waals surface area (Å²) in [6.07, 6.45) is 4.11. The molecule has 2 aliphatic rings. The van der Waals surface area contributed by atoms with Gasteiger partial charge >= 0.3 is 0 Å². The molecule has 2 heterocycles. The van der Waals surface area contributed by atoms with Gasteiger partial charge < -0.3 is 4.90 Å². The summed E-state index contributed by atoms with van der Waals surface area (Å²) in [7, 11) is 0.843. The molecule has 0 radical (unpaired) electrons. The van der Waals surface area contributed by atoms with Crippen LogP contribution in [-0.2, 0) is 10.2 Å². The average molecular weight is 261 g/mol. The van der Waals surface area contributed by atoms with E-state index in [9.17, 15) is 8.42 Å². The number of rotatable bonds is 3. The molecule has 2 fully saturated rings. The first-order valence-electron chi connectivity index (χ1n) is 6.43. The Kier molecular flexibility index (Phi) is 4.07. The van der Waals surface area contributed by atoms with E-state index in [1.807, 2.05) is 14.1 Å². The maximum absolute atomic E-state index is 12.4. The molecule has 2 aliphatic heterocycles. The zero-order chi connectivity index (χ0) is 12.5. The summed E-state index contributed by atoms with van der Waals surface area (Å²) in [5, 5.41) is 0. The second kappa shape index (κ2) is 5.22. The molecule has 0 N–H and O–H groups in total. The van der Waals surface area contributed by atoms with Crippen LogP contribution in [0.5, 0.6) is 0 Å². The van der Waals surface area contributed by atoms with Gasteiger partial charge in [-0.3, -0.25) is 0 Å². The standard InChI is InChI=1S/C11H23N3O2S/c1-12(2)11-6-9-14(10-11)17(15,16)13-7-4-3-5-8-13/h11H,3-10H2,1-2H3/t11-/m1/s1. The van der Waals surface area contributed by atoms with Gasteiger partial charge in [-0.25, -0.2) is 0 Å². The van der Waals surface area contributed by atoms with Gasteiger partial charge in [0.25, 0.3) is 10.2 Å². The van der Waals surface area contributed by atoms with Crippen LogP contribution in [-0.4, -0.2) is 68.2 Å². The van der Waals surface area contributed by atoms with Crippen LogP contribution in [0, 0.1) is 0 Å². The highest BCUT2D eigenvalue weighted by molar-refractivity contribution is 7.86. The largest absolute Gasteiger partial charge is 0.305 e. The third-order valence-corrected chi connectivity index (χ3v) is 5.83. The Morgan fingerprint density at radius 1 is 1.00 bits per heavy atom. The van der Waals surface area contributed by atoms with Gasteiger partial charge in [0.15, 0.2) is 0 Å². The summed E-state index contributed by atoms with van der Waals surface area (Å²) >= 11 is 0. The van der Waals surface area contributed by atoms with Crippen molar-refractivity contribution in [2.24, 2.45) is 0 Å². The lowest BCUT2D eigenvalue weighted by molar-refractivity contribution is 0.287. The van der Waals surface area contributed by atoms with E-state index in [-0.39, 0.29) is 0 Å². The molecule has 0 unspecified atom stereocenters. The second-order valence-electron chi connectivity index (χ2n) is 5.23. The molecule has 2 saturated heterocycles. The highest BCUT2D eigenvalue weighted by Gasteiger charge is 2.36. The predicted octanol–water partition coefficient (Wildman–Crippen LogP) is 0.353. The van der Waals surface area contributed by atoms with Crippen LogP contribution >= 0.6 is 0 Å². The normalized spacial score (nSPS) is 29.0. The van der Waals surface area contributed by atoms with Gasteiger partial charge in [0.05, 0.1) is 0 Å². The number of hydrogen-bond donors (Lipinski definition) is 0. The van der Waals surface area contributed by atoms with Crippen molar-refractivity contribution in [3.63, 3.8) is 0 Å². The van der Waals surface area contributed by atoms with E-state index < -0.39 is 10.2 Å². The van der Waals surface area contributed by atoms with Crippen LogP contribution < -0.4 is 0 Å². The lowest BCUT2D eigenvalue weighted by atomic mass is 10.2. The zero-order valence-electron chi connectivity index (χ0n) is 10.8. The monoisotopic (exact) mass is 261 g/mol. The van der Waals surface area contributed by atoms with Crippen LogP contribution in [0.25, 0.3) is 0 Å². The minimum Gasteiger partial charge on any atom is -0.305 e. The molecular weight excluding hydrogens is 238 g/mol. The van der Waals surface area contributed by atoms with Gasteiger partial charge in [-0.15, -0.1) is 0 Å². The van der Waals surface area contributed by atoms with Crippen molar-refractivity contribution >= 4 is 10.2 Å². The number of piperidine rings is 1. The van der Waals surface area contributed by atoms with Crippen molar-refractivity contribution in [2.75, 3.05) is 40.3 Å². The molecule has 17 heavy (non-hydrogen) atoms. The topological polar surface area (TPSA) is 43.9 Å². The maximum Gasteiger partial charge on any atom is 0.282 e. The van der Waals surface area contributed by atoms with Gasteiger partial charge in [0, 0.05) is 32.2 Å². The van der Waals surface area contributed by atoms with Crippen molar-refractivity contribution in [3.8, 4) is 0 Å². The van der Waals surface area contributed by atoms with E-state index in [1.165, 1.54) is 0 Å². The third-order valence-electron chi connectivity index (χ3n) is 3.82. The highest BCUT2D eigenvalue weighted by atomic mass is 32.2. The molecule has 1 atom stereocenters. The summed E-state index contributed by atoms with van der Waals surface area (Å²) in [6.45, 7) is 2.71. The fraction of sp³-hybridized carbons (Fsp3) is 1.00. The van der Waals surface area contributed by atoms with Crippen molar-refractivity contribution in [3.05, 3.63) is 0 Å². The zero-order valence-corrected chi connectivity index (χ0v) is 11.6. The van der Waals surface area contributed by atoms with Crippen LogP contribution in [0.1, 0.15) is 25.7 Å². The molecule has 2 rings (SSSR count). The predicted molar refractivity (Wildman–Crippen MR) is 68.0 cm³/mol. The fourth-order valence-electron chi connectivity index (χ4n) is 2.60. The molecule has 0 saturated carbocycles. The van der Waals surface area contributed by atoms with Crippen molar-refractivity contribution in [2.45, 2.75) is 31.7 Å². The highest BCUT2D eigenvalue weighted by Crippen LogP contribution is 2.22. The molecule has 0 aromatic carbocycles. The molecule has 0 aromatic rings.